The molecule has 2 heterocycles. The number of hydrogen-bond donors (Lipinski definition) is 0. The average Bonchev–Trinajstić information content (AvgIpc) is 3.24. The number of rotatable bonds is 5. The van der Waals surface area contributed by atoms with Gasteiger partial charge in [0.25, 0.3) is 0 Å². The summed E-state index contributed by atoms with van der Waals surface area (Å²) in [6.07, 6.45) is 8.99. The Morgan fingerprint density at radius 2 is 1.68 bits per heavy atom. The SMILES string of the molecule is CC1(CCCc2ccc(C3COC4(CCCCC4)O3)cc2)OCCO1. The predicted molar refractivity (Wildman–Crippen MR) is 95.3 cm³/mol. The van der Waals surface area contributed by atoms with Crippen molar-refractivity contribution in [3.63, 3.8) is 0 Å². The molecule has 4 heteroatoms. The van der Waals surface area contributed by atoms with Crippen molar-refractivity contribution < 1.29 is 18.9 Å². The van der Waals surface area contributed by atoms with Gasteiger partial charge in [-0.1, -0.05) is 30.7 Å². The van der Waals surface area contributed by atoms with Gasteiger partial charge in [0.2, 0.25) is 0 Å². The molecule has 4 nitrogen and oxygen atoms in total. The zero-order valence-electron chi connectivity index (χ0n) is 15.3. The minimum Gasteiger partial charge on any atom is -0.348 e. The Kier molecular flexibility index (Phi) is 5.14. The molecule has 1 unspecified atom stereocenters. The van der Waals surface area contributed by atoms with Gasteiger partial charge in [-0.25, -0.2) is 0 Å². The van der Waals surface area contributed by atoms with Crippen LogP contribution in [0.1, 0.15) is 69.1 Å². The van der Waals surface area contributed by atoms with Gasteiger partial charge >= 0.3 is 0 Å². The van der Waals surface area contributed by atoms with Crippen LogP contribution in [0.15, 0.2) is 24.3 Å². The van der Waals surface area contributed by atoms with E-state index >= 15 is 0 Å². The van der Waals surface area contributed by atoms with Gasteiger partial charge in [0.1, 0.15) is 6.10 Å². The maximum absolute atomic E-state index is 6.32. The molecule has 1 aliphatic carbocycles. The van der Waals surface area contributed by atoms with E-state index in [2.05, 4.69) is 24.3 Å². The highest BCUT2D eigenvalue weighted by atomic mass is 16.7. The van der Waals surface area contributed by atoms with Crippen molar-refractivity contribution in [3.05, 3.63) is 35.4 Å². The molecule has 3 aliphatic rings. The molecule has 2 saturated heterocycles. The maximum Gasteiger partial charge on any atom is 0.169 e. The van der Waals surface area contributed by atoms with Crippen molar-refractivity contribution >= 4 is 0 Å². The zero-order valence-corrected chi connectivity index (χ0v) is 15.3. The molecule has 1 saturated carbocycles. The zero-order chi connectivity index (χ0) is 17.2. The highest BCUT2D eigenvalue weighted by molar-refractivity contribution is 5.25. The number of aryl methyl sites for hydroxylation is 1. The number of benzene rings is 1. The van der Waals surface area contributed by atoms with E-state index in [9.17, 15) is 0 Å². The quantitative estimate of drug-likeness (QED) is 0.785. The van der Waals surface area contributed by atoms with E-state index in [1.54, 1.807) is 0 Å². The van der Waals surface area contributed by atoms with Crippen molar-refractivity contribution in [2.24, 2.45) is 0 Å². The molecule has 0 aromatic heterocycles. The van der Waals surface area contributed by atoms with E-state index in [-0.39, 0.29) is 17.7 Å². The van der Waals surface area contributed by atoms with Gasteiger partial charge in [-0.15, -0.1) is 0 Å². The lowest BCUT2D eigenvalue weighted by Gasteiger charge is -2.31. The predicted octanol–water partition coefficient (Wildman–Crippen LogP) is 4.52. The van der Waals surface area contributed by atoms with Crippen LogP contribution in [0.25, 0.3) is 0 Å². The monoisotopic (exact) mass is 346 g/mol. The van der Waals surface area contributed by atoms with Gasteiger partial charge in [-0.2, -0.15) is 0 Å². The minimum atomic E-state index is -0.372. The maximum atomic E-state index is 6.32. The third-order valence-corrected chi connectivity index (χ3v) is 5.82. The van der Waals surface area contributed by atoms with Crippen molar-refractivity contribution in [2.75, 3.05) is 19.8 Å². The average molecular weight is 346 g/mol. The molecule has 0 amide bonds. The topological polar surface area (TPSA) is 36.9 Å². The van der Waals surface area contributed by atoms with Crippen LogP contribution < -0.4 is 0 Å². The molecular formula is C21H30O4. The van der Waals surface area contributed by atoms with Crippen molar-refractivity contribution in [1.29, 1.82) is 0 Å². The van der Waals surface area contributed by atoms with Crippen LogP contribution in [0.3, 0.4) is 0 Å². The first-order valence-electron chi connectivity index (χ1n) is 9.85. The van der Waals surface area contributed by atoms with Crippen LogP contribution in [0, 0.1) is 0 Å². The molecular weight excluding hydrogens is 316 g/mol. The fourth-order valence-corrected chi connectivity index (χ4v) is 4.29. The standard InChI is InChI=1S/C21H30O4/c1-20(22-14-15-23-20)11-5-6-17-7-9-18(10-8-17)19-16-24-21(25-19)12-3-2-4-13-21/h7-10,19H,2-6,11-16H2,1H3. The molecule has 138 valence electrons. The second kappa shape index (κ2) is 7.36. The van der Waals surface area contributed by atoms with Crippen molar-refractivity contribution in [2.45, 2.75) is 76.0 Å². The first-order chi connectivity index (χ1) is 12.2. The fourth-order valence-electron chi connectivity index (χ4n) is 4.29. The lowest BCUT2D eigenvalue weighted by atomic mass is 9.94. The summed E-state index contributed by atoms with van der Waals surface area (Å²) in [5, 5.41) is 0. The van der Waals surface area contributed by atoms with E-state index in [0.717, 1.165) is 45.3 Å². The van der Waals surface area contributed by atoms with Crippen LogP contribution >= 0.6 is 0 Å². The van der Waals surface area contributed by atoms with Gasteiger partial charge in [-0.3, -0.25) is 0 Å². The molecule has 0 N–H and O–H groups in total. The van der Waals surface area contributed by atoms with Gasteiger partial charge in [0.15, 0.2) is 11.6 Å². The largest absolute Gasteiger partial charge is 0.348 e. The van der Waals surface area contributed by atoms with E-state index < -0.39 is 0 Å². The molecule has 3 fully saturated rings. The Labute approximate surface area is 150 Å². The second-order valence-electron chi connectivity index (χ2n) is 7.81. The van der Waals surface area contributed by atoms with E-state index in [0.29, 0.717) is 6.61 Å². The lowest BCUT2D eigenvalue weighted by Crippen LogP contribution is -2.32. The van der Waals surface area contributed by atoms with Crippen LogP contribution in [0.4, 0.5) is 0 Å². The summed E-state index contributed by atoms with van der Waals surface area (Å²) >= 11 is 0. The molecule has 4 rings (SSSR count). The molecule has 0 radical (unpaired) electrons. The van der Waals surface area contributed by atoms with Crippen LogP contribution in [0.5, 0.6) is 0 Å². The normalized spacial score (nSPS) is 27.8. The Bertz CT molecular complexity index is 556. The van der Waals surface area contributed by atoms with Gasteiger partial charge in [-0.05, 0) is 43.7 Å². The summed E-state index contributed by atoms with van der Waals surface area (Å²) < 4.78 is 23.7. The summed E-state index contributed by atoms with van der Waals surface area (Å²) in [6, 6.07) is 8.86. The molecule has 1 aromatic rings. The van der Waals surface area contributed by atoms with Gasteiger partial charge < -0.3 is 18.9 Å². The smallest absolute Gasteiger partial charge is 0.169 e. The first kappa shape index (κ1) is 17.5. The Morgan fingerprint density at radius 1 is 0.960 bits per heavy atom. The Morgan fingerprint density at radius 3 is 2.40 bits per heavy atom. The van der Waals surface area contributed by atoms with Gasteiger partial charge in [0.05, 0.1) is 19.8 Å². The lowest BCUT2D eigenvalue weighted by molar-refractivity contribution is -0.187. The molecule has 1 atom stereocenters. The summed E-state index contributed by atoms with van der Waals surface area (Å²) in [6.45, 7) is 4.17. The molecule has 1 spiro atoms. The summed E-state index contributed by atoms with van der Waals surface area (Å²) in [7, 11) is 0. The van der Waals surface area contributed by atoms with Crippen LogP contribution in [-0.2, 0) is 25.4 Å². The molecule has 2 aliphatic heterocycles. The summed E-state index contributed by atoms with van der Waals surface area (Å²) in [5.41, 5.74) is 2.59. The van der Waals surface area contributed by atoms with Crippen molar-refractivity contribution in [1.82, 2.24) is 0 Å². The minimum absolute atomic E-state index is 0.0892. The summed E-state index contributed by atoms with van der Waals surface area (Å²) in [4.78, 5) is 0. The highest BCUT2D eigenvalue weighted by Crippen LogP contribution is 2.42. The number of ether oxygens (including phenoxy) is 4. The summed E-state index contributed by atoms with van der Waals surface area (Å²) in [5.74, 6) is -0.665. The third-order valence-electron chi connectivity index (χ3n) is 5.82. The number of hydrogen-bond acceptors (Lipinski definition) is 4. The molecule has 1 aromatic carbocycles. The van der Waals surface area contributed by atoms with Crippen molar-refractivity contribution in [3.8, 4) is 0 Å². The second-order valence-corrected chi connectivity index (χ2v) is 7.81. The van der Waals surface area contributed by atoms with E-state index in [4.69, 9.17) is 18.9 Å². The van der Waals surface area contributed by atoms with E-state index in [1.807, 2.05) is 6.92 Å². The first-order valence-corrected chi connectivity index (χ1v) is 9.85. The third kappa shape index (κ3) is 4.08. The van der Waals surface area contributed by atoms with E-state index in [1.165, 1.54) is 30.4 Å². The van der Waals surface area contributed by atoms with Crippen LogP contribution in [-0.4, -0.2) is 31.4 Å². The Balaban J connectivity index is 1.28. The Hall–Kier alpha value is -0.940. The fraction of sp³-hybridized carbons (Fsp3) is 0.714. The highest BCUT2D eigenvalue weighted by Gasteiger charge is 2.42. The van der Waals surface area contributed by atoms with Crippen LogP contribution in [0.2, 0.25) is 0 Å². The van der Waals surface area contributed by atoms with Gasteiger partial charge in [0, 0.05) is 19.3 Å². The molecule has 25 heavy (non-hydrogen) atoms. The molecule has 0 bridgehead atoms.